The second-order valence-electron chi connectivity index (χ2n) is 8.04. The predicted octanol–water partition coefficient (Wildman–Crippen LogP) is 3.10. The average Bonchev–Trinajstić information content (AvgIpc) is 3.43. The number of benzene rings is 2. The fraction of sp³-hybridized carbons (Fsp3) is 0.333. The zero-order valence-corrected chi connectivity index (χ0v) is 19.2. The van der Waals surface area contributed by atoms with Crippen molar-refractivity contribution >= 4 is 17.2 Å². The number of carbonyl (C=O) groups excluding carboxylic acids is 1. The van der Waals surface area contributed by atoms with Gasteiger partial charge in [-0.2, -0.15) is 0 Å². The van der Waals surface area contributed by atoms with E-state index in [9.17, 15) is 14.3 Å². The van der Waals surface area contributed by atoms with E-state index in [2.05, 4.69) is 10.3 Å². The Balaban J connectivity index is 1.53. The van der Waals surface area contributed by atoms with Crippen LogP contribution in [0.3, 0.4) is 0 Å². The second-order valence-corrected chi connectivity index (χ2v) is 8.93. The van der Waals surface area contributed by atoms with Crippen LogP contribution in [-0.2, 0) is 6.54 Å². The molecule has 7 nitrogen and oxygen atoms in total. The third-order valence-electron chi connectivity index (χ3n) is 5.79. The Hall–Kier alpha value is -3.01. The smallest absolute Gasteiger partial charge is 0.263 e. The number of carbonyl (C=O) groups is 1. The fourth-order valence-corrected chi connectivity index (χ4v) is 4.75. The normalized spacial score (nSPS) is 22.3. The lowest BCUT2D eigenvalue weighted by Crippen LogP contribution is -2.51. The van der Waals surface area contributed by atoms with Crippen molar-refractivity contribution in [3.05, 3.63) is 76.5 Å². The number of halogens is 1. The van der Waals surface area contributed by atoms with E-state index >= 15 is 0 Å². The van der Waals surface area contributed by atoms with Gasteiger partial charge in [-0.3, -0.25) is 14.7 Å². The van der Waals surface area contributed by atoms with Gasteiger partial charge in [0.25, 0.3) is 5.91 Å². The maximum Gasteiger partial charge on any atom is 0.263 e. The number of amides is 1. The first-order valence-corrected chi connectivity index (χ1v) is 11.5. The average molecular weight is 472 g/mol. The van der Waals surface area contributed by atoms with Gasteiger partial charge in [0, 0.05) is 19.0 Å². The second kappa shape index (κ2) is 10.3. The number of aliphatic hydroxyl groups excluding tert-OH is 1. The largest absolute Gasteiger partial charge is 0.497 e. The molecule has 2 aromatic carbocycles. The van der Waals surface area contributed by atoms with Gasteiger partial charge in [0.05, 0.1) is 30.9 Å². The number of thiazole rings is 1. The van der Waals surface area contributed by atoms with E-state index in [-0.39, 0.29) is 11.9 Å². The summed E-state index contributed by atoms with van der Waals surface area (Å²) in [4.78, 5) is 19.2. The van der Waals surface area contributed by atoms with Gasteiger partial charge in [-0.05, 0) is 36.9 Å². The molecule has 0 aliphatic heterocycles. The number of rotatable bonds is 8. The highest BCUT2D eigenvalue weighted by Gasteiger charge is 2.46. The molecule has 4 rings (SSSR count). The van der Waals surface area contributed by atoms with Crippen LogP contribution in [0, 0.1) is 5.82 Å². The summed E-state index contributed by atoms with van der Waals surface area (Å²) >= 11 is 1.25. The minimum absolute atomic E-state index is 0.246. The van der Waals surface area contributed by atoms with Crippen LogP contribution in [0.1, 0.15) is 21.7 Å². The van der Waals surface area contributed by atoms with Gasteiger partial charge < -0.3 is 19.9 Å². The first-order chi connectivity index (χ1) is 15.9. The topological polar surface area (TPSA) is 83.9 Å². The predicted molar refractivity (Wildman–Crippen MR) is 123 cm³/mol. The van der Waals surface area contributed by atoms with E-state index in [0.717, 1.165) is 11.3 Å². The Labute approximate surface area is 195 Å². The van der Waals surface area contributed by atoms with Crippen LogP contribution in [-0.4, -0.2) is 59.3 Å². The van der Waals surface area contributed by atoms with Crippen LogP contribution >= 0.6 is 11.3 Å². The van der Waals surface area contributed by atoms with Crippen molar-refractivity contribution < 1.29 is 23.8 Å². The molecule has 0 bridgehead atoms. The van der Waals surface area contributed by atoms with Gasteiger partial charge in [0.1, 0.15) is 34.4 Å². The summed E-state index contributed by atoms with van der Waals surface area (Å²) in [6, 6.07) is 12.7. The number of aromatic nitrogens is 1. The Morgan fingerprint density at radius 2 is 2.06 bits per heavy atom. The number of nitrogens with one attached hydrogen (secondary N) is 1. The number of likely N-dealkylation sites (N-methyl/N-ethyl adjacent to an activating group) is 1. The van der Waals surface area contributed by atoms with Crippen LogP contribution < -0.4 is 14.8 Å². The van der Waals surface area contributed by atoms with Crippen LogP contribution in [0.25, 0.3) is 0 Å². The van der Waals surface area contributed by atoms with Crippen LogP contribution in [0.2, 0.25) is 0 Å². The number of methoxy groups -OCH3 is 1. The molecule has 1 heterocycles. The number of hydrogen-bond donors (Lipinski definition) is 2. The maximum atomic E-state index is 13.6. The molecule has 4 atom stereocenters. The summed E-state index contributed by atoms with van der Waals surface area (Å²) in [5.41, 5.74) is 2.63. The number of aliphatic hydroxyl groups is 1. The van der Waals surface area contributed by atoms with Gasteiger partial charge in [0.2, 0.25) is 0 Å². The summed E-state index contributed by atoms with van der Waals surface area (Å²) in [6.45, 7) is 0.547. The van der Waals surface area contributed by atoms with E-state index in [1.807, 2.05) is 36.2 Å². The molecule has 0 saturated heterocycles. The van der Waals surface area contributed by atoms with E-state index in [0.29, 0.717) is 23.6 Å². The lowest BCUT2D eigenvalue weighted by atomic mass is 10.1. The minimum Gasteiger partial charge on any atom is -0.497 e. The van der Waals surface area contributed by atoms with Gasteiger partial charge in [-0.25, -0.2) is 4.39 Å². The highest BCUT2D eigenvalue weighted by atomic mass is 32.1. The van der Waals surface area contributed by atoms with Gasteiger partial charge in [0.15, 0.2) is 0 Å². The molecule has 0 spiro atoms. The molecule has 174 valence electrons. The molecular formula is C24H26FN3O4S. The zero-order chi connectivity index (χ0) is 23.4. The number of hydrogen-bond acceptors (Lipinski definition) is 7. The zero-order valence-electron chi connectivity index (χ0n) is 18.3. The lowest BCUT2D eigenvalue weighted by molar-refractivity contribution is 0.0124. The fourth-order valence-electron chi connectivity index (χ4n) is 4.22. The Morgan fingerprint density at radius 3 is 2.73 bits per heavy atom. The molecule has 1 aliphatic carbocycles. The van der Waals surface area contributed by atoms with E-state index < -0.39 is 24.1 Å². The Morgan fingerprint density at radius 1 is 1.27 bits per heavy atom. The SMILES string of the molecule is COc1ccc(CN(C)[C@@H]2[C@@H](O)[C@H](Oc3cccc(F)c3)C[C@H]2NC(=O)c2cncs2)cc1. The summed E-state index contributed by atoms with van der Waals surface area (Å²) in [7, 11) is 3.51. The van der Waals surface area contributed by atoms with Crippen LogP contribution in [0.15, 0.2) is 60.2 Å². The van der Waals surface area contributed by atoms with Gasteiger partial charge >= 0.3 is 0 Å². The van der Waals surface area contributed by atoms with E-state index in [4.69, 9.17) is 9.47 Å². The van der Waals surface area contributed by atoms with Crippen molar-refractivity contribution in [1.82, 2.24) is 15.2 Å². The summed E-state index contributed by atoms with van der Waals surface area (Å²) in [5.74, 6) is 0.442. The molecule has 0 unspecified atom stereocenters. The molecule has 0 radical (unpaired) electrons. The van der Waals surface area contributed by atoms with Crippen molar-refractivity contribution in [3.8, 4) is 11.5 Å². The standard InChI is InChI=1S/C24H26FN3O4S/c1-28(13-15-6-8-17(31-2)9-7-15)22-19(27-24(30)21-12-26-14-33-21)11-20(23(22)29)32-18-5-3-4-16(25)10-18/h3-10,12,14,19-20,22-23,29H,11,13H2,1-2H3,(H,27,30)/t19-,20-,22+,23+/m1/s1. The third-order valence-corrected chi connectivity index (χ3v) is 6.56. The van der Waals surface area contributed by atoms with Crippen molar-refractivity contribution in [2.24, 2.45) is 0 Å². The molecule has 1 saturated carbocycles. The number of nitrogens with zero attached hydrogens (tertiary/aromatic N) is 2. The Bertz CT molecular complexity index is 1060. The van der Waals surface area contributed by atoms with Crippen molar-refractivity contribution in [2.45, 2.75) is 37.3 Å². The monoisotopic (exact) mass is 471 g/mol. The number of ether oxygens (including phenoxy) is 2. The highest BCUT2D eigenvalue weighted by molar-refractivity contribution is 7.11. The molecule has 33 heavy (non-hydrogen) atoms. The molecule has 1 fully saturated rings. The molecule has 2 N–H and O–H groups in total. The maximum absolute atomic E-state index is 13.6. The molecule has 1 aliphatic rings. The highest BCUT2D eigenvalue weighted by Crippen LogP contribution is 2.30. The minimum atomic E-state index is -0.900. The third kappa shape index (κ3) is 5.50. The van der Waals surface area contributed by atoms with Crippen molar-refractivity contribution in [2.75, 3.05) is 14.2 Å². The quantitative estimate of drug-likeness (QED) is 0.525. The molecular weight excluding hydrogens is 445 g/mol. The van der Waals surface area contributed by atoms with Crippen LogP contribution in [0.5, 0.6) is 11.5 Å². The van der Waals surface area contributed by atoms with E-state index in [1.165, 1.54) is 29.7 Å². The molecule has 1 aromatic heterocycles. The van der Waals surface area contributed by atoms with E-state index in [1.54, 1.807) is 24.8 Å². The van der Waals surface area contributed by atoms with Crippen molar-refractivity contribution in [3.63, 3.8) is 0 Å². The van der Waals surface area contributed by atoms with Crippen LogP contribution in [0.4, 0.5) is 4.39 Å². The molecule has 9 heteroatoms. The Kier molecular flexibility index (Phi) is 7.22. The molecule has 3 aromatic rings. The van der Waals surface area contributed by atoms with Gasteiger partial charge in [-0.1, -0.05) is 18.2 Å². The first-order valence-electron chi connectivity index (χ1n) is 10.6. The summed E-state index contributed by atoms with van der Waals surface area (Å²) in [6.07, 6.45) is 0.382. The summed E-state index contributed by atoms with van der Waals surface area (Å²) in [5, 5.41) is 14.2. The van der Waals surface area contributed by atoms with Gasteiger partial charge in [-0.15, -0.1) is 11.3 Å². The lowest BCUT2D eigenvalue weighted by Gasteiger charge is -2.32. The van der Waals surface area contributed by atoms with Crippen molar-refractivity contribution in [1.29, 1.82) is 0 Å². The molecule has 1 amide bonds. The first kappa shape index (κ1) is 23.2. The summed E-state index contributed by atoms with van der Waals surface area (Å²) < 4.78 is 24.8.